The molecule has 1 aromatic carbocycles. The van der Waals surface area contributed by atoms with Crippen molar-refractivity contribution in [3.63, 3.8) is 0 Å². The maximum atomic E-state index is 12.8. The Morgan fingerprint density at radius 2 is 2.06 bits per heavy atom. The van der Waals surface area contributed by atoms with Gasteiger partial charge in [-0.15, -0.1) is 23.4 Å². The van der Waals surface area contributed by atoms with Crippen molar-refractivity contribution < 1.29 is 27.4 Å². The standard InChI is InChI=1S/C18H15F3N6O3S/c19-18(20,21)30-12-3-1-2-11-14(12)10(28)8-17(29-11)4-6-27(7-5-17)16-22-9-13(31-16)15-23-25-26-24-15/h1-3,9H,4-8H2,(H,23,24,25,26). The lowest BCUT2D eigenvalue weighted by atomic mass is 9.82. The maximum Gasteiger partial charge on any atom is 0.573 e. The zero-order valence-corrected chi connectivity index (χ0v) is 16.7. The van der Waals surface area contributed by atoms with Gasteiger partial charge in [0, 0.05) is 25.9 Å². The number of alkyl halides is 3. The van der Waals surface area contributed by atoms with E-state index in [1.807, 2.05) is 0 Å². The number of hydrogen-bond donors (Lipinski definition) is 1. The molecule has 4 heterocycles. The molecule has 2 aliphatic heterocycles. The molecule has 0 radical (unpaired) electrons. The van der Waals surface area contributed by atoms with Crippen molar-refractivity contribution in [2.75, 3.05) is 18.0 Å². The SMILES string of the molecule is O=C1CC2(CCN(c3ncc(-c4nn[nH]n4)s3)CC2)Oc2cccc(OC(F)(F)F)c21. The van der Waals surface area contributed by atoms with Gasteiger partial charge < -0.3 is 14.4 Å². The second-order valence-corrected chi connectivity index (χ2v) is 8.30. The van der Waals surface area contributed by atoms with Gasteiger partial charge in [0.15, 0.2) is 10.9 Å². The van der Waals surface area contributed by atoms with Gasteiger partial charge in [-0.1, -0.05) is 17.4 Å². The first-order valence-corrected chi connectivity index (χ1v) is 10.2. The summed E-state index contributed by atoms with van der Waals surface area (Å²) in [6, 6.07) is 4.01. The molecule has 2 aliphatic rings. The number of piperidine rings is 1. The normalized spacial score (nSPS) is 18.0. The molecule has 1 fully saturated rings. The fraction of sp³-hybridized carbons (Fsp3) is 0.389. The number of tetrazole rings is 1. The average Bonchev–Trinajstić information content (AvgIpc) is 3.39. The maximum absolute atomic E-state index is 12.8. The van der Waals surface area contributed by atoms with E-state index in [0.29, 0.717) is 31.8 Å². The highest BCUT2D eigenvalue weighted by molar-refractivity contribution is 7.18. The van der Waals surface area contributed by atoms with Crippen LogP contribution in [0.25, 0.3) is 10.7 Å². The Balaban J connectivity index is 1.32. The molecule has 0 saturated carbocycles. The lowest BCUT2D eigenvalue weighted by Gasteiger charge is -2.44. The van der Waals surface area contributed by atoms with E-state index in [9.17, 15) is 18.0 Å². The number of thiazole rings is 1. The number of anilines is 1. The molecule has 162 valence electrons. The van der Waals surface area contributed by atoms with Gasteiger partial charge in [0.1, 0.15) is 22.7 Å². The van der Waals surface area contributed by atoms with Crippen LogP contribution in [-0.2, 0) is 0 Å². The summed E-state index contributed by atoms with van der Waals surface area (Å²) in [6.45, 7) is 1.17. The first kappa shape index (κ1) is 19.7. The zero-order chi connectivity index (χ0) is 21.6. The van der Waals surface area contributed by atoms with Crippen LogP contribution in [0, 0.1) is 0 Å². The number of aromatic amines is 1. The summed E-state index contributed by atoms with van der Waals surface area (Å²) in [5.74, 6) is -0.353. The molecule has 0 unspecified atom stereocenters. The minimum absolute atomic E-state index is 0.00194. The van der Waals surface area contributed by atoms with Crippen LogP contribution in [0.3, 0.4) is 0 Å². The molecular formula is C18H15F3N6O3S. The van der Waals surface area contributed by atoms with Crippen LogP contribution in [0.5, 0.6) is 11.5 Å². The number of ketones is 1. The fourth-order valence-corrected chi connectivity index (χ4v) is 4.79. The molecule has 0 bridgehead atoms. The quantitative estimate of drug-likeness (QED) is 0.646. The Morgan fingerprint density at radius 3 is 2.77 bits per heavy atom. The molecule has 13 heteroatoms. The topological polar surface area (TPSA) is 106 Å². The number of fused-ring (bicyclic) bond motifs is 1. The van der Waals surface area contributed by atoms with Crippen LogP contribution < -0.4 is 14.4 Å². The molecule has 0 atom stereocenters. The second kappa shape index (κ2) is 7.18. The van der Waals surface area contributed by atoms with Gasteiger partial charge >= 0.3 is 6.36 Å². The largest absolute Gasteiger partial charge is 0.573 e. The van der Waals surface area contributed by atoms with Crippen molar-refractivity contribution in [2.45, 2.75) is 31.2 Å². The van der Waals surface area contributed by atoms with Gasteiger partial charge in [-0.2, -0.15) is 5.21 Å². The van der Waals surface area contributed by atoms with Gasteiger partial charge in [0.25, 0.3) is 0 Å². The van der Waals surface area contributed by atoms with Gasteiger partial charge in [-0.25, -0.2) is 4.98 Å². The van der Waals surface area contributed by atoms with E-state index in [1.165, 1.54) is 23.5 Å². The summed E-state index contributed by atoms with van der Waals surface area (Å²) in [5.41, 5.74) is -0.914. The van der Waals surface area contributed by atoms with Crippen LogP contribution in [0.1, 0.15) is 29.6 Å². The highest BCUT2D eigenvalue weighted by atomic mass is 32.1. The third-order valence-corrected chi connectivity index (χ3v) is 6.36. The van der Waals surface area contributed by atoms with Gasteiger partial charge in [0.2, 0.25) is 5.82 Å². The van der Waals surface area contributed by atoms with Crippen LogP contribution in [0.15, 0.2) is 24.4 Å². The van der Waals surface area contributed by atoms with E-state index in [-0.39, 0.29) is 17.7 Å². The predicted octanol–water partition coefficient (Wildman–Crippen LogP) is 3.23. The van der Waals surface area contributed by atoms with E-state index in [0.717, 1.165) is 16.1 Å². The molecule has 1 spiro atoms. The number of aromatic nitrogens is 5. The highest BCUT2D eigenvalue weighted by Gasteiger charge is 2.45. The predicted molar refractivity (Wildman–Crippen MR) is 102 cm³/mol. The molecule has 31 heavy (non-hydrogen) atoms. The minimum atomic E-state index is -4.88. The number of halogens is 3. The number of nitrogens with one attached hydrogen (secondary N) is 1. The molecule has 0 aliphatic carbocycles. The van der Waals surface area contributed by atoms with Crippen LogP contribution in [0.2, 0.25) is 0 Å². The Hall–Kier alpha value is -3.22. The first-order valence-electron chi connectivity index (χ1n) is 9.38. The van der Waals surface area contributed by atoms with Gasteiger partial charge in [0.05, 0.1) is 17.5 Å². The molecule has 1 saturated heterocycles. The lowest BCUT2D eigenvalue weighted by Crippen LogP contribution is -2.51. The van der Waals surface area contributed by atoms with E-state index < -0.39 is 23.5 Å². The van der Waals surface area contributed by atoms with Crippen molar-refractivity contribution >= 4 is 22.3 Å². The highest BCUT2D eigenvalue weighted by Crippen LogP contribution is 2.44. The molecular weight excluding hydrogens is 437 g/mol. The minimum Gasteiger partial charge on any atom is -0.486 e. The van der Waals surface area contributed by atoms with E-state index in [1.54, 1.807) is 6.20 Å². The van der Waals surface area contributed by atoms with Crippen molar-refractivity contribution in [3.8, 4) is 22.2 Å². The Labute approximate surface area is 177 Å². The Kier molecular flexibility index (Phi) is 4.57. The summed E-state index contributed by atoms with van der Waals surface area (Å²) in [6.07, 6.45) is -2.16. The number of Topliss-reactive ketones (excluding diaryl/α,β-unsaturated/α-hetero) is 1. The summed E-state index contributed by atoms with van der Waals surface area (Å²) >= 11 is 1.43. The number of hydrogen-bond acceptors (Lipinski definition) is 9. The molecule has 9 nitrogen and oxygen atoms in total. The fourth-order valence-electron chi connectivity index (χ4n) is 3.90. The van der Waals surface area contributed by atoms with Gasteiger partial charge in [-0.3, -0.25) is 4.79 Å². The van der Waals surface area contributed by atoms with Crippen molar-refractivity contribution in [1.82, 2.24) is 25.6 Å². The van der Waals surface area contributed by atoms with Crippen molar-refractivity contribution in [1.29, 1.82) is 0 Å². The van der Waals surface area contributed by atoms with Crippen LogP contribution in [-0.4, -0.2) is 56.4 Å². The van der Waals surface area contributed by atoms with E-state index in [2.05, 4.69) is 35.2 Å². The van der Waals surface area contributed by atoms with Crippen LogP contribution in [0.4, 0.5) is 18.3 Å². The van der Waals surface area contributed by atoms with Gasteiger partial charge in [-0.05, 0) is 17.3 Å². The molecule has 5 rings (SSSR count). The number of carbonyl (C=O) groups excluding carboxylic acids is 1. The third kappa shape index (κ3) is 3.80. The summed E-state index contributed by atoms with van der Waals surface area (Å²) in [7, 11) is 0. The molecule has 0 amide bonds. The number of H-pyrrole nitrogens is 1. The summed E-state index contributed by atoms with van der Waals surface area (Å²) in [5, 5.41) is 14.6. The number of rotatable bonds is 3. The molecule has 2 aromatic heterocycles. The van der Waals surface area contributed by atoms with Crippen molar-refractivity contribution in [3.05, 3.63) is 30.0 Å². The monoisotopic (exact) mass is 452 g/mol. The number of carbonyl (C=O) groups is 1. The number of benzene rings is 1. The lowest BCUT2D eigenvalue weighted by molar-refractivity contribution is -0.274. The summed E-state index contributed by atoms with van der Waals surface area (Å²) in [4.78, 5) is 20.0. The second-order valence-electron chi connectivity index (χ2n) is 7.29. The Morgan fingerprint density at radius 1 is 1.26 bits per heavy atom. The first-order chi connectivity index (χ1) is 14.8. The average molecular weight is 452 g/mol. The van der Waals surface area contributed by atoms with E-state index in [4.69, 9.17) is 4.74 Å². The zero-order valence-electron chi connectivity index (χ0n) is 15.8. The van der Waals surface area contributed by atoms with Crippen molar-refractivity contribution in [2.24, 2.45) is 0 Å². The Bertz CT molecular complexity index is 1110. The molecule has 3 aromatic rings. The number of ether oxygens (including phenoxy) is 2. The summed E-state index contributed by atoms with van der Waals surface area (Å²) < 4.78 is 48.2. The number of nitrogens with zero attached hydrogens (tertiary/aromatic N) is 5. The third-order valence-electron chi connectivity index (χ3n) is 5.31. The molecule has 1 N–H and O–H groups in total. The van der Waals surface area contributed by atoms with E-state index >= 15 is 0 Å². The smallest absolute Gasteiger partial charge is 0.486 e. The van der Waals surface area contributed by atoms with Crippen LogP contribution >= 0.6 is 11.3 Å².